The molecule has 4 rings (SSSR count). The molecule has 0 radical (unpaired) electrons. The van der Waals surface area contributed by atoms with E-state index in [1.54, 1.807) is 91.0 Å². The van der Waals surface area contributed by atoms with Gasteiger partial charge >= 0.3 is 17.9 Å². The Bertz CT molecular complexity index is 1080. The Balaban J connectivity index is 1.47. The van der Waals surface area contributed by atoms with Crippen molar-refractivity contribution < 1.29 is 33.3 Å². The highest BCUT2D eigenvalue weighted by molar-refractivity contribution is 5.90. The molecular formula is C26H22O7. The molecule has 0 N–H and O–H groups in total. The normalized spacial score (nSPS) is 19.8. The summed E-state index contributed by atoms with van der Waals surface area (Å²) < 4.78 is 22.3. The van der Waals surface area contributed by atoms with Gasteiger partial charge in [0, 0.05) is 0 Å². The lowest BCUT2D eigenvalue weighted by molar-refractivity contribution is -0.196. The third-order valence-corrected chi connectivity index (χ3v) is 5.07. The zero-order chi connectivity index (χ0) is 23.0. The van der Waals surface area contributed by atoms with Crippen LogP contribution in [0.4, 0.5) is 0 Å². The van der Waals surface area contributed by atoms with E-state index >= 15 is 0 Å². The maximum absolute atomic E-state index is 12.7. The van der Waals surface area contributed by atoms with Crippen molar-refractivity contribution in [2.45, 2.75) is 24.9 Å². The van der Waals surface area contributed by atoms with Gasteiger partial charge in [0.1, 0.15) is 6.10 Å². The number of rotatable bonds is 6. The smallest absolute Gasteiger partial charge is 0.340 e. The van der Waals surface area contributed by atoms with Gasteiger partial charge in [0.15, 0.2) is 6.10 Å². The van der Waals surface area contributed by atoms with Crippen LogP contribution < -0.4 is 0 Å². The molecule has 1 aliphatic rings. The lowest BCUT2D eigenvalue weighted by atomic mass is 10.1. The number of esters is 3. The van der Waals surface area contributed by atoms with Gasteiger partial charge < -0.3 is 18.9 Å². The van der Waals surface area contributed by atoms with Crippen LogP contribution in [0.25, 0.3) is 0 Å². The quantitative estimate of drug-likeness (QED) is 0.417. The summed E-state index contributed by atoms with van der Waals surface area (Å²) in [4.78, 5) is 37.6. The molecule has 0 unspecified atom stereocenters. The molecule has 0 aromatic heterocycles. The molecule has 168 valence electrons. The van der Waals surface area contributed by atoms with Crippen LogP contribution in [0.2, 0.25) is 0 Å². The molecule has 3 aromatic rings. The lowest BCUT2D eigenvalue weighted by Crippen LogP contribution is -2.47. The van der Waals surface area contributed by atoms with Gasteiger partial charge in [-0.25, -0.2) is 14.4 Å². The van der Waals surface area contributed by atoms with E-state index in [4.69, 9.17) is 18.9 Å². The number of ether oxygens (including phenoxy) is 4. The highest BCUT2D eigenvalue weighted by atomic mass is 16.7. The topological polar surface area (TPSA) is 88.1 Å². The molecular weight excluding hydrogens is 424 g/mol. The minimum Gasteiger partial charge on any atom is -0.454 e. The van der Waals surface area contributed by atoms with Gasteiger partial charge in [0.2, 0.25) is 6.29 Å². The first kappa shape index (κ1) is 22.2. The zero-order valence-electron chi connectivity index (χ0n) is 17.7. The van der Waals surface area contributed by atoms with E-state index in [9.17, 15) is 14.4 Å². The Kier molecular flexibility index (Phi) is 7.12. The van der Waals surface area contributed by atoms with Gasteiger partial charge in [-0.15, -0.1) is 0 Å². The number of hydrogen-bond donors (Lipinski definition) is 0. The van der Waals surface area contributed by atoms with Gasteiger partial charge in [-0.3, -0.25) is 0 Å². The van der Waals surface area contributed by atoms with Crippen LogP contribution in [0.3, 0.4) is 0 Å². The van der Waals surface area contributed by atoms with Crippen LogP contribution in [0.1, 0.15) is 37.5 Å². The highest BCUT2D eigenvalue weighted by Crippen LogP contribution is 2.24. The Labute approximate surface area is 190 Å². The standard InChI is InChI=1S/C26H22O7/c27-24(18-10-4-1-5-11-18)31-21-16-23(33-26(29)20-14-8-3-9-15-20)30-17-22(21)32-25(28)19-12-6-2-7-13-19/h1-15,21-23H,16-17H2/t21-,22+,23-/m0/s1. The van der Waals surface area contributed by atoms with E-state index in [1.807, 2.05) is 0 Å². The summed E-state index contributed by atoms with van der Waals surface area (Å²) in [5.74, 6) is -1.70. The van der Waals surface area contributed by atoms with E-state index in [2.05, 4.69) is 0 Å². The SMILES string of the molecule is O=C(O[C@H]1C[C@H](OC(=O)c2ccccc2)[C@H](OC(=O)c2ccccc2)CO1)c1ccccc1. The third-order valence-electron chi connectivity index (χ3n) is 5.07. The highest BCUT2D eigenvalue weighted by Gasteiger charge is 2.38. The van der Waals surface area contributed by atoms with Crippen LogP contribution in [-0.2, 0) is 18.9 Å². The van der Waals surface area contributed by atoms with E-state index < -0.39 is 36.4 Å². The molecule has 1 fully saturated rings. The van der Waals surface area contributed by atoms with Crippen molar-refractivity contribution in [1.29, 1.82) is 0 Å². The molecule has 1 saturated heterocycles. The number of carbonyl (C=O) groups excluding carboxylic acids is 3. The summed E-state index contributed by atoms with van der Waals surface area (Å²) in [6, 6.07) is 25.5. The van der Waals surface area contributed by atoms with Crippen molar-refractivity contribution in [3.05, 3.63) is 108 Å². The van der Waals surface area contributed by atoms with Crippen molar-refractivity contribution in [3.8, 4) is 0 Å². The molecule has 0 saturated carbocycles. The maximum atomic E-state index is 12.7. The van der Waals surface area contributed by atoms with Crippen molar-refractivity contribution in [2.24, 2.45) is 0 Å². The average molecular weight is 446 g/mol. The van der Waals surface area contributed by atoms with Gasteiger partial charge in [0.05, 0.1) is 29.7 Å². The Morgan fingerprint density at radius 2 is 0.970 bits per heavy atom. The van der Waals surface area contributed by atoms with E-state index in [0.717, 1.165) is 0 Å². The molecule has 1 heterocycles. The minimum atomic E-state index is -0.960. The predicted molar refractivity (Wildman–Crippen MR) is 118 cm³/mol. The molecule has 0 aliphatic carbocycles. The summed E-state index contributed by atoms with van der Waals surface area (Å²) in [6.07, 6.45) is -2.67. The fourth-order valence-electron chi connectivity index (χ4n) is 3.36. The fourth-order valence-corrected chi connectivity index (χ4v) is 3.36. The first-order chi connectivity index (χ1) is 16.1. The summed E-state index contributed by atoms with van der Waals surface area (Å²) in [6.45, 7) is -0.0992. The Morgan fingerprint density at radius 3 is 1.42 bits per heavy atom. The predicted octanol–water partition coefficient (Wildman–Crippen LogP) is 4.04. The second kappa shape index (κ2) is 10.6. The van der Waals surface area contributed by atoms with Crippen molar-refractivity contribution in [2.75, 3.05) is 6.61 Å². The van der Waals surface area contributed by atoms with Crippen molar-refractivity contribution in [1.82, 2.24) is 0 Å². The number of hydrogen-bond acceptors (Lipinski definition) is 7. The molecule has 7 nitrogen and oxygen atoms in total. The molecule has 0 amide bonds. The monoisotopic (exact) mass is 446 g/mol. The van der Waals surface area contributed by atoms with Gasteiger partial charge in [0.25, 0.3) is 0 Å². The van der Waals surface area contributed by atoms with Gasteiger partial charge in [-0.2, -0.15) is 0 Å². The van der Waals surface area contributed by atoms with Gasteiger partial charge in [-0.1, -0.05) is 54.6 Å². The molecule has 1 aliphatic heterocycles. The van der Waals surface area contributed by atoms with Crippen molar-refractivity contribution >= 4 is 17.9 Å². The van der Waals surface area contributed by atoms with E-state index in [0.29, 0.717) is 16.7 Å². The molecule has 7 heteroatoms. The van der Waals surface area contributed by atoms with E-state index in [-0.39, 0.29) is 13.0 Å². The number of benzene rings is 3. The van der Waals surface area contributed by atoms with Crippen LogP contribution in [0.15, 0.2) is 91.0 Å². The molecule has 0 bridgehead atoms. The lowest BCUT2D eigenvalue weighted by Gasteiger charge is -2.34. The van der Waals surface area contributed by atoms with Crippen LogP contribution >= 0.6 is 0 Å². The minimum absolute atomic E-state index is 0.0177. The second-order valence-corrected chi connectivity index (χ2v) is 7.39. The molecule has 0 spiro atoms. The maximum Gasteiger partial charge on any atom is 0.340 e. The van der Waals surface area contributed by atoms with Crippen molar-refractivity contribution in [3.63, 3.8) is 0 Å². The van der Waals surface area contributed by atoms with Gasteiger partial charge in [-0.05, 0) is 36.4 Å². The Hall–Kier alpha value is -3.97. The average Bonchev–Trinajstić information content (AvgIpc) is 2.87. The van der Waals surface area contributed by atoms with Crippen LogP contribution in [0, 0.1) is 0 Å². The second-order valence-electron chi connectivity index (χ2n) is 7.39. The molecule has 3 atom stereocenters. The zero-order valence-corrected chi connectivity index (χ0v) is 17.7. The molecule has 3 aromatic carbocycles. The Morgan fingerprint density at radius 1 is 0.576 bits per heavy atom. The summed E-state index contributed by atoms with van der Waals surface area (Å²) >= 11 is 0. The fraction of sp³-hybridized carbons (Fsp3) is 0.192. The summed E-state index contributed by atoms with van der Waals surface area (Å²) in [7, 11) is 0. The summed E-state index contributed by atoms with van der Waals surface area (Å²) in [5.41, 5.74) is 1.09. The first-order valence-electron chi connectivity index (χ1n) is 10.5. The number of carbonyl (C=O) groups is 3. The van der Waals surface area contributed by atoms with E-state index in [1.165, 1.54) is 0 Å². The third kappa shape index (κ3) is 5.84. The van der Waals surface area contributed by atoms with Crippen LogP contribution in [0.5, 0.6) is 0 Å². The largest absolute Gasteiger partial charge is 0.454 e. The van der Waals surface area contributed by atoms with Crippen LogP contribution in [-0.4, -0.2) is 43.0 Å². The summed E-state index contributed by atoms with van der Waals surface area (Å²) in [5, 5.41) is 0. The first-order valence-corrected chi connectivity index (χ1v) is 10.5. The molecule has 33 heavy (non-hydrogen) atoms.